The van der Waals surface area contributed by atoms with Gasteiger partial charge in [-0.25, -0.2) is 0 Å². The van der Waals surface area contributed by atoms with E-state index in [0.717, 1.165) is 0 Å². The fourth-order valence-corrected chi connectivity index (χ4v) is 0.599. The Kier molecular flexibility index (Phi) is 8.75. The highest BCUT2D eigenvalue weighted by Gasteiger charge is 2.02. The van der Waals surface area contributed by atoms with Crippen LogP contribution < -0.4 is 0 Å². The van der Waals surface area contributed by atoms with Gasteiger partial charge in [0.25, 0.3) is 0 Å². The smallest absolute Gasteiger partial charge is 0.0240 e. The summed E-state index contributed by atoms with van der Waals surface area (Å²) in [6, 6.07) is 0. The Morgan fingerprint density at radius 2 is 0.800 bits per heavy atom. The molecule has 0 aliphatic heterocycles. The van der Waals surface area contributed by atoms with Crippen LogP contribution in [0.5, 0.6) is 0 Å². The second-order valence-electron chi connectivity index (χ2n) is 4.14. The minimum atomic E-state index is -0.0524. The fraction of sp³-hybridized carbons (Fsp3) is 0.200. The van der Waals surface area contributed by atoms with Gasteiger partial charge in [-0.1, -0.05) is 5.92 Å². The fourth-order valence-electron chi connectivity index (χ4n) is 0.599. The van der Waals surface area contributed by atoms with Gasteiger partial charge in [0.1, 0.15) is 0 Å². The third-order valence-electron chi connectivity index (χ3n) is 1.26. The first kappa shape index (κ1) is 16.5. The SMILES string of the molecule is C#CC#CC#CC#CC#CC#CC#CC#CC(C)(C)C. The zero-order chi connectivity index (χ0) is 15.1. The second kappa shape index (κ2) is 10.6. The van der Waals surface area contributed by atoms with E-state index < -0.39 is 0 Å². The molecular weight excluding hydrogens is 240 g/mol. The van der Waals surface area contributed by atoms with Crippen molar-refractivity contribution in [2.24, 2.45) is 5.41 Å². The van der Waals surface area contributed by atoms with E-state index in [1.165, 1.54) is 0 Å². The maximum absolute atomic E-state index is 4.90. The van der Waals surface area contributed by atoms with Crippen molar-refractivity contribution in [3.8, 4) is 95.2 Å². The summed E-state index contributed by atoms with van der Waals surface area (Å²) in [6.45, 7) is 6.04. The first-order valence-corrected chi connectivity index (χ1v) is 5.54. The summed E-state index contributed by atoms with van der Waals surface area (Å²) in [7, 11) is 0. The normalized spacial score (nSPS) is 5.90. The summed E-state index contributed by atoms with van der Waals surface area (Å²) in [5.74, 6) is 37.9. The lowest BCUT2D eigenvalue weighted by Crippen LogP contribution is -1.98. The van der Waals surface area contributed by atoms with Crippen LogP contribution in [-0.2, 0) is 0 Å². The van der Waals surface area contributed by atoms with E-state index in [4.69, 9.17) is 6.42 Å². The molecule has 0 nitrogen and oxygen atoms in total. The summed E-state index contributed by atoms with van der Waals surface area (Å²) < 4.78 is 0. The minimum absolute atomic E-state index is 0.0524. The van der Waals surface area contributed by atoms with Crippen molar-refractivity contribution in [3.63, 3.8) is 0 Å². The first-order chi connectivity index (χ1) is 9.56. The predicted molar refractivity (Wildman–Crippen MR) is 82.7 cm³/mol. The molecule has 0 atom stereocenters. The van der Waals surface area contributed by atoms with Gasteiger partial charge in [0.15, 0.2) is 0 Å². The van der Waals surface area contributed by atoms with Crippen molar-refractivity contribution in [2.75, 3.05) is 0 Å². The van der Waals surface area contributed by atoms with Crippen molar-refractivity contribution in [1.82, 2.24) is 0 Å². The average molecular weight is 250 g/mol. The molecule has 0 heteroatoms. The molecule has 0 aromatic heterocycles. The number of terminal acetylenes is 1. The van der Waals surface area contributed by atoms with Gasteiger partial charge in [-0.3, -0.25) is 0 Å². The van der Waals surface area contributed by atoms with Crippen LogP contribution in [0.4, 0.5) is 0 Å². The largest absolute Gasteiger partial charge is 0.106 e. The van der Waals surface area contributed by atoms with Crippen LogP contribution in [0, 0.1) is 101 Å². The lowest BCUT2D eigenvalue weighted by Gasteiger charge is -2.05. The van der Waals surface area contributed by atoms with Gasteiger partial charge in [-0.15, -0.1) is 6.42 Å². The number of hydrogen-bond donors (Lipinski definition) is 0. The maximum atomic E-state index is 4.90. The van der Waals surface area contributed by atoms with Crippen molar-refractivity contribution in [3.05, 3.63) is 0 Å². The Labute approximate surface area is 122 Å². The van der Waals surface area contributed by atoms with E-state index in [9.17, 15) is 0 Å². The van der Waals surface area contributed by atoms with Crippen molar-refractivity contribution < 1.29 is 0 Å². The molecule has 0 heterocycles. The highest BCUT2D eigenvalue weighted by atomic mass is 14.0. The molecule has 90 valence electrons. The number of hydrogen-bond acceptors (Lipinski definition) is 0. The van der Waals surface area contributed by atoms with Crippen LogP contribution in [0.3, 0.4) is 0 Å². The molecule has 20 heavy (non-hydrogen) atoms. The predicted octanol–water partition coefficient (Wildman–Crippen LogP) is 1.69. The average Bonchev–Trinajstić information content (AvgIpc) is 2.38. The Morgan fingerprint density at radius 3 is 1.10 bits per heavy atom. The van der Waals surface area contributed by atoms with Gasteiger partial charge < -0.3 is 0 Å². The van der Waals surface area contributed by atoms with Gasteiger partial charge in [-0.05, 0) is 104 Å². The molecule has 0 aliphatic carbocycles. The molecule has 0 aromatic rings. The van der Waals surface area contributed by atoms with E-state index >= 15 is 0 Å². The maximum Gasteiger partial charge on any atom is 0.0240 e. The molecule has 0 rings (SSSR count). The summed E-state index contributed by atoms with van der Waals surface area (Å²) in [6.07, 6.45) is 4.90. The molecule has 0 saturated heterocycles. The van der Waals surface area contributed by atoms with E-state index in [2.05, 4.69) is 88.8 Å². The van der Waals surface area contributed by atoms with Gasteiger partial charge in [0.2, 0.25) is 0 Å². The molecule has 0 saturated carbocycles. The standard InChI is InChI=1S/C20H10/c1-5-6-7-8-9-10-11-12-13-14-15-16-17-18-19-20(2,3)4/h1H,2-4H3. The van der Waals surface area contributed by atoms with Gasteiger partial charge in [0, 0.05) is 5.41 Å². The van der Waals surface area contributed by atoms with Gasteiger partial charge >= 0.3 is 0 Å². The van der Waals surface area contributed by atoms with Crippen LogP contribution in [0.1, 0.15) is 20.8 Å². The number of rotatable bonds is 0. The van der Waals surface area contributed by atoms with E-state index in [-0.39, 0.29) is 5.41 Å². The van der Waals surface area contributed by atoms with Crippen LogP contribution in [0.2, 0.25) is 0 Å². The van der Waals surface area contributed by atoms with E-state index in [1.54, 1.807) is 0 Å². The highest BCUT2D eigenvalue weighted by Crippen LogP contribution is 2.09. The molecule has 0 unspecified atom stereocenters. The first-order valence-electron chi connectivity index (χ1n) is 5.54. The third kappa shape index (κ3) is 14.5. The van der Waals surface area contributed by atoms with Crippen LogP contribution >= 0.6 is 0 Å². The molecular formula is C20H10. The monoisotopic (exact) mass is 250 g/mol. The van der Waals surface area contributed by atoms with Crippen LogP contribution in [0.15, 0.2) is 0 Å². The quantitative estimate of drug-likeness (QED) is 0.574. The van der Waals surface area contributed by atoms with Gasteiger partial charge in [-0.2, -0.15) is 0 Å². The lowest BCUT2D eigenvalue weighted by atomic mass is 9.98. The molecule has 0 aliphatic rings. The van der Waals surface area contributed by atoms with Crippen LogP contribution in [0.25, 0.3) is 0 Å². The summed E-state index contributed by atoms with van der Waals surface area (Å²) in [5, 5.41) is 0. The summed E-state index contributed by atoms with van der Waals surface area (Å²) in [5.41, 5.74) is -0.0524. The lowest BCUT2D eigenvalue weighted by molar-refractivity contribution is 0.571. The molecule has 0 amide bonds. The molecule has 0 radical (unpaired) electrons. The minimum Gasteiger partial charge on any atom is -0.106 e. The third-order valence-corrected chi connectivity index (χ3v) is 1.26. The zero-order valence-corrected chi connectivity index (χ0v) is 11.6. The second-order valence-corrected chi connectivity index (χ2v) is 4.14. The Balaban J connectivity index is 4.38. The Hall–Kier alpha value is -3.52. The zero-order valence-electron chi connectivity index (χ0n) is 11.6. The topological polar surface area (TPSA) is 0 Å². The summed E-state index contributed by atoms with van der Waals surface area (Å²) in [4.78, 5) is 0. The van der Waals surface area contributed by atoms with E-state index in [1.807, 2.05) is 20.8 Å². The molecule has 0 bridgehead atoms. The Bertz CT molecular complexity index is 815. The van der Waals surface area contributed by atoms with Crippen molar-refractivity contribution >= 4 is 0 Å². The molecule has 0 aromatic carbocycles. The van der Waals surface area contributed by atoms with E-state index in [0.29, 0.717) is 0 Å². The van der Waals surface area contributed by atoms with Crippen molar-refractivity contribution in [2.45, 2.75) is 20.8 Å². The molecule has 0 fully saturated rings. The van der Waals surface area contributed by atoms with Crippen molar-refractivity contribution in [1.29, 1.82) is 0 Å². The molecule has 0 spiro atoms. The highest BCUT2D eigenvalue weighted by molar-refractivity contribution is 5.45. The van der Waals surface area contributed by atoms with Gasteiger partial charge in [0.05, 0.1) is 0 Å². The molecule has 0 N–H and O–H groups in total. The summed E-state index contributed by atoms with van der Waals surface area (Å²) >= 11 is 0. The van der Waals surface area contributed by atoms with Crippen LogP contribution in [-0.4, -0.2) is 0 Å². The Morgan fingerprint density at radius 1 is 0.500 bits per heavy atom.